The highest BCUT2D eigenvalue weighted by Crippen LogP contribution is 2.51. The van der Waals surface area contributed by atoms with Crippen LogP contribution < -0.4 is 18.9 Å². The lowest BCUT2D eigenvalue weighted by Gasteiger charge is -2.31. The highest BCUT2D eigenvalue weighted by Gasteiger charge is 2.44. The normalized spacial score (nSPS) is 13.2. The molecule has 0 aromatic heterocycles. The Morgan fingerprint density at radius 2 is 0.667 bits per heavy atom. The average Bonchev–Trinajstić information content (AvgIpc) is 0.732. The fraction of sp³-hybridized carbons (Fsp3) is 0.364. The molecule has 11 rings (SSSR count). The summed E-state index contributed by atoms with van der Waals surface area (Å²) in [5, 5.41) is 22.4. The molecule has 498 valence electrons. The van der Waals surface area contributed by atoms with Crippen molar-refractivity contribution in [1.82, 2.24) is 4.58 Å². The van der Waals surface area contributed by atoms with Crippen LogP contribution >= 0.6 is 0 Å². The number of rotatable bonds is 38. The first kappa shape index (κ1) is 68.5. The van der Waals surface area contributed by atoms with E-state index in [4.69, 9.17) is 18.9 Å². The molecule has 0 unspecified atom stereocenters. The Hall–Kier alpha value is -8.88. The van der Waals surface area contributed by atoms with Crippen molar-refractivity contribution in [2.24, 2.45) is 0 Å². The van der Waals surface area contributed by atoms with Crippen LogP contribution in [0.4, 0.5) is 28.4 Å². The average molecular weight is 1280 g/mol. The predicted molar refractivity (Wildman–Crippen MR) is 405 cm³/mol. The Morgan fingerprint density at radius 1 is 0.333 bits per heavy atom. The van der Waals surface area contributed by atoms with E-state index < -0.39 is 0 Å². The maximum atomic E-state index is 16.2. The van der Waals surface area contributed by atoms with Gasteiger partial charge in [0.05, 0.1) is 66.5 Å². The number of benzene rings is 9. The van der Waals surface area contributed by atoms with Crippen LogP contribution in [0, 0.1) is 0 Å². The van der Waals surface area contributed by atoms with E-state index in [-0.39, 0.29) is 22.7 Å². The second-order valence-corrected chi connectivity index (χ2v) is 26.3. The van der Waals surface area contributed by atoms with Crippen LogP contribution in [0.1, 0.15) is 187 Å². The van der Waals surface area contributed by atoms with Crippen LogP contribution in [0.25, 0.3) is 48.7 Å². The molecule has 0 radical (unpaired) electrons. The fourth-order valence-corrected chi connectivity index (χ4v) is 13.6. The van der Waals surface area contributed by atoms with Crippen LogP contribution in [-0.2, 0) is 14.3 Å². The Morgan fingerprint density at radius 3 is 1.04 bits per heavy atom. The second-order valence-electron chi connectivity index (χ2n) is 26.3. The van der Waals surface area contributed by atoms with Crippen LogP contribution in [-0.4, -0.2) is 43.0 Å². The number of anilines is 3. The van der Waals surface area contributed by atoms with E-state index in [0.29, 0.717) is 60.6 Å². The smallest absolute Gasteiger partial charge is 0.219 e. The molecule has 1 N–H and O–H groups in total. The van der Waals surface area contributed by atoms with E-state index >= 15 is 4.79 Å². The molecule has 2 aliphatic rings. The van der Waals surface area contributed by atoms with Gasteiger partial charge in [-0.25, -0.2) is 0 Å². The number of fused-ring (bicyclic) bond motifs is 4. The van der Waals surface area contributed by atoms with Gasteiger partial charge in [-0.3, -0.25) is 4.79 Å². The molecule has 0 atom stereocenters. The summed E-state index contributed by atoms with van der Waals surface area (Å²) in [6.45, 7) is 10.7. The standard InChI is InChI=1S/C88H100N2O6/c1-5-9-13-17-21-33-53-93-79-61-77(89(73-49-45-65-37-25-29-41-69(65)57-73)74-50-46-66-38-26-30-42-70(66)58-74)62-80(94-54-34-22-18-14-10-6-2)83(79)85-87(91)86(88(85)92)84-81(95-55-35-23-19-15-11-7-3)63-78(64-82(84)96-56-36-24-20-16-12-8-4)90(75-51-47-67-39-27-31-43-71(67)59-75)76-52-48-68-40-28-32-44-72(68)60-76/h25-32,37-52,57-64H,5-24,33-36,53-56H2,1-4H3/p+1. The third kappa shape index (κ3) is 17.2. The molecular weight excluding hydrogens is 1180 g/mol. The molecule has 0 fully saturated rings. The van der Waals surface area contributed by atoms with Gasteiger partial charge >= 0.3 is 0 Å². The predicted octanol–water partition coefficient (Wildman–Crippen LogP) is 24.9. The minimum atomic E-state index is -0.322. The van der Waals surface area contributed by atoms with Crippen LogP contribution in [0.5, 0.6) is 11.5 Å². The molecule has 0 saturated heterocycles. The number of nitrogens with zero attached hydrogens (tertiary/aromatic N) is 2. The number of carbonyl (C=O) groups is 1. The third-order valence-corrected chi connectivity index (χ3v) is 19.0. The van der Waals surface area contributed by atoms with Crippen LogP contribution in [0.3, 0.4) is 0 Å². The van der Waals surface area contributed by atoms with Crippen molar-refractivity contribution >= 4 is 88.6 Å². The minimum absolute atomic E-state index is 0.134. The zero-order valence-corrected chi connectivity index (χ0v) is 57.7. The van der Waals surface area contributed by atoms with E-state index in [9.17, 15) is 5.11 Å². The summed E-state index contributed by atoms with van der Waals surface area (Å²) < 4.78 is 30.7. The Bertz CT molecular complexity index is 4020. The monoisotopic (exact) mass is 1280 g/mol. The Kier molecular flexibility index (Phi) is 25.1. The topological polar surface area (TPSA) is 80.5 Å². The lowest BCUT2D eigenvalue weighted by Crippen LogP contribution is -2.28. The summed E-state index contributed by atoms with van der Waals surface area (Å²) in [5.41, 5.74) is 6.71. The molecule has 8 heteroatoms. The number of hydrogen-bond donors (Lipinski definition) is 1. The van der Waals surface area contributed by atoms with Gasteiger partial charge in [0.25, 0.3) is 0 Å². The molecule has 9 aromatic carbocycles. The number of ketones is 1. The van der Waals surface area contributed by atoms with Gasteiger partial charge in [-0.15, -0.1) is 0 Å². The number of aliphatic hydroxyl groups excluding tert-OH is 1. The number of aliphatic hydroxyl groups is 1. The van der Waals surface area contributed by atoms with E-state index in [1.54, 1.807) is 0 Å². The second kappa shape index (κ2) is 35.2. The van der Waals surface area contributed by atoms with Crippen molar-refractivity contribution < 1.29 is 28.8 Å². The van der Waals surface area contributed by atoms with Crippen molar-refractivity contribution in [1.29, 1.82) is 0 Å². The van der Waals surface area contributed by atoms with Gasteiger partial charge < -0.3 is 29.0 Å². The molecule has 0 saturated carbocycles. The molecule has 0 amide bonds. The Labute approximate surface area is 571 Å². The molecular formula is C88H101N2O6+. The summed E-state index contributed by atoms with van der Waals surface area (Å²) in [6, 6.07) is 64.4. The van der Waals surface area contributed by atoms with Gasteiger partial charge in [0, 0.05) is 47.8 Å². The van der Waals surface area contributed by atoms with Crippen LogP contribution in [0.2, 0.25) is 0 Å². The number of ether oxygens (including phenoxy) is 4. The highest BCUT2D eigenvalue weighted by molar-refractivity contribution is 6.40. The molecule has 0 aliphatic heterocycles. The molecule has 2 aliphatic carbocycles. The summed E-state index contributed by atoms with van der Waals surface area (Å²) in [6.07, 6.45) is 30.2. The summed E-state index contributed by atoms with van der Waals surface area (Å²) in [7, 11) is 0. The maximum Gasteiger partial charge on any atom is 0.219 e. The quantitative estimate of drug-likeness (QED) is 0.0235. The largest absolute Gasteiger partial charge is 0.506 e. The van der Waals surface area contributed by atoms with E-state index in [0.717, 1.165) is 154 Å². The maximum absolute atomic E-state index is 16.2. The number of hydrogen-bond acceptors (Lipinski definition) is 7. The van der Waals surface area contributed by atoms with Crippen molar-refractivity contribution in [2.75, 3.05) is 31.3 Å². The molecule has 9 aromatic rings. The zero-order valence-electron chi connectivity index (χ0n) is 57.7. The summed E-state index contributed by atoms with van der Waals surface area (Å²) in [4.78, 5) is 18.5. The lowest BCUT2D eigenvalue weighted by atomic mass is 9.78. The molecule has 0 spiro atoms. The first-order chi connectivity index (χ1) is 47.3. The zero-order chi connectivity index (χ0) is 66.3. The lowest BCUT2D eigenvalue weighted by molar-refractivity contribution is -0.111. The highest BCUT2D eigenvalue weighted by atomic mass is 16.5. The molecule has 8 nitrogen and oxygen atoms in total. The van der Waals surface area contributed by atoms with E-state index in [1.807, 2.05) is 0 Å². The molecule has 0 heterocycles. The van der Waals surface area contributed by atoms with E-state index in [2.05, 4.69) is 231 Å². The van der Waals surface area contributed by atoms with Gasteiger partial charge in [0.1, 0.15) is 28.8 Å². The van der Waals surface area contributed by atoms with Gasteiger partial charge in [-0.2, -0.15) is 4.58 Å². The van der Waals surface area contributed by atoms with E-state index in [1.165, 1.54) is 77.0 Å². The number of unbranched alkanes of at least 4 members (excludes halogenated alkanes) is 20. The van der Waals surface area contributed by atoms with Crippen molar-refractivity contribution in [3.63, 3.8) is 0 Å². The SMILES string of the molecule is CCCCCCCCOC1=CC(=[N+](c2ccc3ccccc3c2)c2ccc3ccccc3c2)C=C(OCCCCCCCC)C1=C1C(=O)C(c2c(OCCCCCCCC)cc(N(c3ccc4ccccc4c3)c3ccc4ccccc4c3)cc2OCCCCCCCC)=C1O. The first-order valence-electron chi connectivity index (χ1n) is 36.6. The van der Waals surface area contributed by atoms with Crippen LogP contribution in [0.15, 0.2) is 223 Å². The van der Waals surface area contributed by atoms with Gasteiger partial charge in [-0.1, -0.05) is 265 Å². The van der Waals surface area contributed by atoms with Gasteiger partial charge in [0.2, 0.25) is 22.9 Å². The minimum Gasteiger partial charge on any atom is -0.506 e. The number of Topliss-reactive ketones (excluding diaryl/α,β-unsaturated/α-hetero) is 1. The third-order valence-electron chi connectivity index (χ3n) is 19.0. The molecule has 0 bridgehead atoms. The Balaban J connectivity index is 1.11. The number of carbonyl (C=O) groups excluding carboxylic acids is 1. The van der Waals surface area contributed by atoms with Crippen molar-refractivity contribution in [3.8, 4) is 11.5 Å². The fourth-order valence-electron chi connectivity index (χ4n) is 13.6. The summed E-state index contributed by atoms with van der Waals surface area (Å²) >= 11 is 0. The van der Waals surface area contributed by atoms with Crippen molar-refractivity contribution in [3.05, 3.63) is 228 Å². The first-order valence-corrected chi connectivity index (χ1v) is 36.6. The van der Waals surface area contributed by atoms with Crippen molar-refractivity contribution in [2.45, 2.75) is 182 Å². The summed E-state index contributed by atoms with van der Waals surface area (Å²) in [5.74, 6) is 1.47. The van der Waals surface area contributed by atoms with Gasteiger partial charge in [-0.05, 0) is 105 Å². The number of allylic oxidation sites excluding steroid dienone is 4. The van der Waals surface area contributed by atoms with Gasteiger partial charge in [0.15, 0.2) is 0 Å². The molecule has 96 heavy (non-hydrogen) atoms.